The van der Waals surface area contributed by atoms with Gasteiger partial charge in [-0.15, -0.1) is 0 Å². The van der Waals surface area contributed by atoms with Gasteiger partial charge in [-0.2, -0.15) is 5.10 Å². The second-order valence-electron chi connectivity index (χ2n) is 6.09. The van der Waals surface area contributed by atoms with E-state index in [-0.39, 0.29) is 11.2 Å². The number of furan rings is 1. The maximum absolute atomic E-state index is 12.1. The number of benzene rings is 1. The minimum atomic E-state index is -0.465. The Bertz CT molecular complexity index is 1260. The van der Waals surface area contributed by atoms with Gasteiger partial charge in [0.15, 0.2) is 16.9 Å². The summed E-state index contributed by atoms with van der Waals surface area (Å²) < 4.78 is 11.0. The van der Waals surface area contributed by atoms with Gasteiger partial charge < -0.3 is 4.42 Å². The van der Waals surface area contributed by atoms with E-state index < -0.39 is 5.91 Å². The maximum Gasteiger partial charge on any atom is 0.305 e. The summed E-state index contributed by atoms with van der Waals surface area (Å²) in [6.07, 6.45) is 5.10. The molecule has 4 rings (SSSR count). The third kappa shape index (κ3) is 4.07. The number of fused-ring (bicyclic) bond motifs is 1. The molecule has 1 amide bonds. The molecule has 0 fully saturated rings. The lowest BCUT2D eigenvalue weighted by Gasteiger charge is -2.09. The topological polar surface area (TPSA) is 102 Å². The number of nitrogens with zero attached hydrogens (tertiary/aromatic N) is 4. The van der Waals surface area contributed by atoms with Gasteiger partial charge in [0.05, 0.1) is 17.8 Å². The molecule has 3 aromatic heterocycles. The molecule has 2 N–H and O–H groups in total. The molecule has 11 heteroatoms. The van der Waals surface area contributed by atoms with Gasteiger partial charge >= 0.3 is 5.91 Å². The van der Waals surface area contributed by atoms with Crippen LogP contribution in [0.2, 0.25) is 0 Å². The van der Waals surface area contributed by atoms with Crippen LogP contribution in [0, 0.1) is 5.41 Å². The lowest BCUT2D eigenvalue weighted by atomic mass is 10.1. The van der Waals surface area contributed by atoms with Crippen LogP contribution >= 0.6 is 47.8 Å². The summed E-state index contributed by atoms with van der Waals surface area (Å²) in [5, 5.41) is 13.3. The van der Waals surface area contributed by atoms with Crippen molar-refractivity contribution >= 4 is 64.7 Å². The number of amides is 1. The largest absolute Gasteiger partial charge is 0.459 e. The van der Waals surface area contributed by atoms with Crippen molar-refractivity contribution in [1.82, 2.24) is 19.4 Å². The van der Waals surface area contributed by atoms with Crippen LogP contribution in [0.25, 0.3) is 11.0 Å². The number of aryl methyl sites for hydroxylation is 2. The average molecular weight is 585 g/mol. The zero-order valence-electron chi connectivity index (χ0n) is 14.7. The summed E-state index contributed by atoms with van der Waals surface area (Å²) in [4.78, 5) is 16.5. The minimum Gasteiger partial charge on any atom is -0.459 e. The number of halogens is 3. The van der Waals surface area contributed by atoms with E-state index in [0.29, 0.717) is 17.6 Å². The number of hydrogen-bond acceptors (Lipinski definition) is 5. The van der Waals surface area contributed by atoms with Crippen LogP contribution in [-0.2, 0) is 13.0 Å². The summed E-state index contributed by atoms with van der Waals surface area (Å²) in [6, 6.07) is 7.20. The van der Waals surface area contributed by atoms with E-state index in [2.05, 4.69) is 63.3 Å². The van der Waals surface area contributed by atoms with E-state index in [4.69, 9.17) is 9.83 Å². The molecule has 29 heavy (non-hydrogen) atoms. The van der Waals surface area contributed by atoms with Crippen LogP contribution < -0.4 is 10.9 Å². The van der Waals surface area contributed by atoms with Crippen molar-refractivity contribution in [2.75, 3.05) is 5.43 Å². The van der Waals surface area contributed by atoms with Gasteiger partial charge in [-0.3, -0.25) is 15.6 Å². The van der Waals surface area contributed by atoms with Gasteiger partial charge in [-0.25, -0.2) is 14.3 Å². The highest BCUT2D eigenvalue weighted by molar-refractivity contribution is 9.13. The molecule has 0 unspecified atom stereocenters. The first-order valence-corrected chi connectivity index (χ1v) is 10.8. The van der Waals surface area contributed by atoms with E-state index >= 15 is 0 Å². The third-order valence-corrected chi connectivity index (χ3v) is 6.83. The number of aromatic nitrogens is 4. The average Bonchev–Trinajstić information content (AvgIpc) is 3.36. The molecule has 0 bridgehead atoms. The van der Waals surface area contributed by atoms with Gasteiger partial charge in [0, 0.05) is 20.0 Å². The van der Waals surface area contributed by atoms with E-state index in [1.54, 1.807) is 23.0 Å². The molecule has 0 saturated carbocycles. The predicted octanol–water partition coefficient (Wildman–Crippen LogP) is 4.22. The van der Waals surface area contributed by atoms with Crippen LogP contribution in [0.3, 0.4) is 0 Å². The van der Waals surface area contributed by atoms with Crippen LogP contribution in [0.5, 0.6) is 0 Å². The zero-order chi connectivity index (χ0) is 20.5. The first-order chi connectivity index (χ1) is 13.9. The Morgan fingerprint density at radius 2 is 2.00 bits per heavy atom. The molecule has 0 aliphatic carbocycles. The van der Waals surface area contributed by atoms with E-state index in [0.717, 1.165) is 25.4 Å². The highest BCUT2D eigenvalue weighted by Gasteiger charge is 2.13. The van der Waals surface area contributed by atoms with Crippen molar-refractivity contribution in [2.24, 2.45) is 0 Å². The Kier molecular flexibility index (Phi) is 5.70. The summed E-state index contributed by atoms with van der Waals surface area (Å²) in [5.74, 6) is -0.313. The van der Waals surface area contributed by atoms with Crippen molar-refractivity contribution in [2.45, 2.75) is 13.0 Å². The minimum absolute atomic E-state index is 0.0775. The summed E-state index contributed by atoms with van der Waals surface area (Å²) in [6.45, 7) is 0.589. The van der Waals surface area contributed by atoms with Gasteiger partial charge in [-0.05, 0) is 68.1 Å². The smallest absolute Gasteiger partial charge is 0.305 e. The maximum atomic E-state index is 12.1. The molecule has 4 aromatic rings. The van der Waals surface area contributed by atoms with Crippen molar-refractivity contribution in [3.63, 3.8) is 0 Å². The second kappa shape index (κ2) is 8.25. The monoisotopic (exact) mass is 582 g/mol. The predicted molar refractivity (Wildman–Crippen MR) is 117 cm³/mol. The van der Waals surface area contributed by atoms with Gasteiger partial charge in [0.25, 0.3) is 0 Å². The van der Waals surface area contributed by atoms with Gasteiger partial charge in [0.2, 0.25) is 0 Å². The molecule has 0 saturated heterocycles. The first kappa shape index (κ1) is 20.0. The Morgan fingerprint density at radius 3 is 2.76 bits per heavy atom. The quantitative estimate of drug-likeness (QED) is 0.343. The highest BCUT2D eigenvalue weighted by atomic mass is 79.9. The number of nitrogens with one attached hydrogen (secondary N) is 2. The van der Waals surface area contributed by atoms with Crippen molar-refractivity contribution in [1.29, 1.82) is 5.41 Å². The molecule has 0 aliphatic heterocycles. The van der Waals surface area contributed by atoms with Crippen molar-refractivity contribution in [3.05, 3.63) is 73.3 Å². The molecule has 3 heterocycles. The van der Waals surface area contributed by atoms with Crippen LogP contribution in [0.4, 0.5) is 0 Å². The molecular weight excluding hydrogens is 572 g/mol. The fraction of sp³-hybridized carbons (Fsp3) is 0.111. The number of hydrogen-bond donors (Lipinski definition) is 2. The molecule has 1 aromatic carbocycles. The number of carbonyl (C=O) groups is 1. The molecule has 0 radical (unpaired) electrons. The van der Waals surface area contributed by atoms with Gasteiger partial charge in [-0.1, -0.05) is 15.9 Å². The fourth-order valence-corrected chi connectivity index (χ4v) is 4.37. The van der Waals surface area contributed by atoms with Crippen LogP contribution in [0.1, 0.15) is 16.1 Å². The van der Waals surface area contributed by atoms with Crippen LogP contribution in [-0.4, -0.2) is 25.3 Å². The third-order valence-electron chi connectivity index (χ3n) is 4.25. The van der Waals surface area contributed by atoms with E-state index in [1.165, 1.54) is 17.3 Å². The lowest BCUT2D eigenvalue weighted by molar-refractivity contribution is 0.0980. The summed E-state index contributed by atoms with van der Waals surface area (Å²) in [7, 11) is 0. The Morgan fingerprint density at radius 1 is 1.21 bits per heavy atom. The SMILES string of the molecule is N=c1c2cnn(CCc3cc(Br)c(Br)cc3Br)c2ncn1NC(=O)c1ccco1. The van der Waals surface area contributed by atoms with Crippen molar-refractivity contribution in [3.8, 4) is 0 Å². The number of carbonyl (C=O) groups excluding carboxylic acids is 1. The molecular formula is C18H13Br3N6O2. The van der Waals surface area contributed by atoms with E-state index in [9.17, 15) is 4.79 Å². The molecule has 148 valence electrons. The first-order valence-electron chi connectivity index (χ1n) is 8.40. The Labute approximate surface area is 189 Å². The summed E-state index contributed by atoms with van der Waals surface area (Å²) in [5.41, 5.74) is 4.34. The molecule has 0 aliphatic rings. The van der Waals surface area contributed by atoms with Crippen molar-refractivity contribution < 1.29 is 9.21 Å². The van der Waals surface area contributed by atoms with E-state index in [1.807, 2.05) is 12.1 Å². The molecule has 0 atom stereocenters. The molecule has 8 nitrogen and oxygen atoms in total. The zero-order valence-corrected chi connectivity index (χ0v) is 19.5. The van der Waals surface area contributed by atoms with Crippen LogP contribution in [0.15, 0.2) is 60.9 Å². The Balaban J connectivity index is 1.57. The summed E-state index contributed by atoms with van der Waals surface area (Å²) >= 11 is 10.6. The fourth-order valence-electron chi connectivity index (χ4n) is 2.78. The Hall–Kier alpha value is -2.24. The normalized spacial score (nSPS) is 11.1. The van der Waals surface area contributed by atoms with Gasteiger partial charge in [0.1, 0.15) is 6.33 Å². The standard InChI is InChI=1S/C18H13Br3N6O2/c19-12-7-14(21)13(20)6-10(12)3-4-26-17-11(8-24-26)16(22)27(9-23-17)25-18(28)15-2-1-5-29-15/h1-2,5-9,22H,3-4H2,(H,25,28). The second-order valence-corrected chi connectivity index (χ2v) is 8.66. The highest BCUT2D eigenvalue weighted by Crippen LogP contribution is 2.30. The lowest BCUT2D eigenvalue weighted by Crippen LogP contribution is -2.33. The molecule has 0 spiro atoms. The number of rotatable bonds is 5.